The third-order valence-electron chi connectivity index (χ3n) is 1.99. The fourth-order valence-corrected chi connectivity index (χ4v) is 1.40. The van der Waals surface area contributed by atoms with Gasteiger partial charge in [0.1, 0.15) is 5.82 Å². The first kappa shape index (κ1) is 10.0. The van der Waals surface area contributed by atoms with E-state index in [1.54, 1.807) is 12.3 Å². The Balaban J connectivity index is 2.62. The molecule has 0 saturated heterocycles. The molecule has 0 atom stereocenters. The van der Waals surface area contributed by atoms with Gasteiger partial charge in [-0.3, -0.25) is 4.98 Å². The molecule has 1 aromatic heterocycles. The Morgan fingerprint density at radius 2 is 2.27 bits per heavy atom. The van der Waals surface area contributed by atoms with Crippen molar-refractivity contribution < 1.29 is 4.39 Å². The maximum absolute atomic E-state index is 13.5. The van der Waals surface area contributed by atoms with Gasteiger partial charge >= 0.3 is 0 Å². The van der Waals surface area contributed by atoms with Gasteiger partial charge in [-0.2, -0.15) is 12.6 Å². The topological polar surface area (TPSA) is 12.9 Å². The summed E-state index contributed by atoms with van der Waals surface area (Å²) in [5.41, 5.74) is 1.04. The van der Waals surface area contributed by atoms with Gasteiger partial charge < -0.3 is 0 Å². The molecule has 0 N–H and O–H groups in total. The molecule has 0 saturated carbocycles. The second kappa shape index (κ2) is 4.33. The summed E-state index contributed by atoms with van der Waals surface area (Å²) >= 11 is 3.95. The number of benzene rings is 1. The lowest BCUT2D eigenvalue weighted by molar-refractivity contribution is 0.626. The van der Waals surface area contributed by atoms with Gasteiger partial charge in [-0.25, -0.2) is 4.39 Å². The molecule has 74 valence electrons. The average Bonchev–Trinajstić information content (AvgIpc) is 2.26. The summed E-state index contributed by atoms with van der Waals surface area (Å²) < 4.78 is 13.5. The molecule has 0 spiro atoms. The summed E-state index contributed by atoms with van der Waals surface area (Å²) in [5.74, 6) is 5.53. The van der Waals surface area contributed by atoms with Crippen molar-refractivity contribution in [1.82, 2.24) is 4.98 Å². The summed E-state index contributed by atoms with van der Waals surface area (Å²) in [7, 11) is 0. The Bertz CT molecular complexity index is 554. The summed E-state index contributed by atoms with van der Waals surface area (Å²) in [6, 6.07) is 6.80. The highest BCUT2D eigenvalue weighted by Gasteiger charge is 2.02. The maximum atomic E-state index is 13.5. The predicted molar refractivity (Wildman–Crippen MR) is 62.4 cm³/mol. The van der Waals surface area contributed by atoms with Crippen molar-refractivity contribution in [3.63, 3.8) is 0 Å². The van der Waals surface area contributed by atoms with Gasteiger partial charge in [-0.05, 0) is 12.1 Å². The fraction of sp³-hybridized carbons (Fsp3) is 0.0833. The van der Waals surface area contributed by atoms with Crippen LogP contribution in [0.25, 0.3) is 10.9 Å². The molecule has 0 aliphatic heterocycles. The van der Waals surface area contributed by atoms with Crippen LogP contribution in [0.15, 0.2) is 30.5 Å². The van der Waals surface area contributed by atoms with Crippen LogP contribution in [0.5, 0.6) is 0 Å². The van der Waals surface area contributed by atoms with Gasteiger partial charge in [0.05, 0.1) is 16.8 Å². The second-order valence-electron chi connectivity index (χ2n) is 2.99. The Morgan fingerprint density at radius 3 is 3.07 bits per heavy atom. The molecule has 0 bridgehead atoms. The van der Waals surface area contributed by atoms with Gasteiger partial charge in [-0.1, -0.05) is 17.9 Å². The van der Waals surface area contributed by atoms with Gasteiger partial charge in [0.15, 0.2) is 0 Å². The molecular formula is C12H8FNS. The summed E-state index contributed by atoms with van der Waals surface area (Å²) in [4.78, 5) is 4.06. The van der Waals surface area contributed by atoms with Crippen LogP contribution in [0, 0.1) is 17.7 Å². The largest absolute Gasteiger partial charge is 0.256 e. The third kappa shape index (κ3) is 2.11. The smallest absolute Gasteiger partial charge is 0.141 e. The van der Waals surface area contributed by atoms with Crippen molar-refractivity contribution in [2.45, 2.75) is 0 Å². The predicted octanol–water partition coefficient (Wildman–Crippen LogP) is 2.66. The zero-order valence-corrected chi connectivity index (χ0v) is 8.76. The van der Waals surface area contributed by atoms with Gasteiger partial charge in [0.25, 0.3) is 0 Å². The lowest BCUT2D eigenvalue weighted by Crippen LogP contribution is -1.86. The van der Waals surface area contributed by atoms with E-state index in [9.17, 15) is 4.39 Å². The highest BCUT2D eigenvalue weighted by atomic mass is 32.1. The molecule has 1 aromatic carbocycles. The lowest BCUT2D eigenvalue weighted by Gasteiger charge is -1.98. The number of aromatic nitrogens is 1. The summed E-state index contributed by atoms with van der Waals surface area (Å²) in [6.07, 6.45) is 1.64. The number of hydrogen-bond donors (Lipinski definition) is 1. The van der Waals surface area contributed by atoms with Crippen molar-refractivity contribution in [1.29, 1.82) is 0 Å². The van der Waals surface area contributed by atoms with Crippen LogP contribution in [0.1, 0.15) is 5.56 Å². The quantitative estimate of drug-likeness (QED) is 0.529. The van der Waals surface area contributed by atoms with Crippen molar-refractivity contribution in [3.05, 3.63) is 41.8 Å². The fourth-order valence-electron chi connectivity index (χ4n) is 1.33. The van der Waals surface area contributed by atoms with Crippen molar-refractivity contribution in [3.8, 4) is 11.8 Å². The molecule has 0 amide bonds. The zero-order valence-electron chi connectivity index (χ0n) is 7.87. The highest BCUT2D eigenvalue weighted by molar-refractivity contribution is 7.80. The monoisotopic (exact) mass is 217 g/mol. The Hall–Kier alpha value is -1.53. The molecule has 0 radical (unpaired) electrons. The molecule has 0 fully saturated rings. The Kier molecular flexibility index (Phi) is 2.89. The molecule has 1 heterocycles. The first-order chi connectivity index (χ1) is 7.31. The first-order valence-corrected chi connectivity index (χ1v) is 5.08. The molecule has 0 aliphatic carbocycles. The van der Waals surface area contributed by atoms with E-state index >= 15 is 0 Å². The van der Waals surface area contributed by atoms with Crippen LogP contribution < -0.4 is 0 Å². The molecule has 2 aromatic rings. The van der Waals surface area contributed by atoms with Crippen LogP contribution in [0.2, 0.25) is 0 Å². The van der Waals surface area contributed by atoms with Crippen LogP contribution in [0.3, 0.4) is 0 Å². The molecule has 1 nitrogen and oxygen atoms in total. The minimum Gasteiger partial charge on any atom is -0.256 e. The van der Waals surface area contributed by atoms with Gasteiger partial charge in [-0.15, -0.1) is 0 Å². The number of pyridine rings is 1. The maximum Gasteiger partial charge on any atom is 0.141 e. The molecule has 0 aliphatic rings. The number of rotatable bonds is 0. The second-order valence-corrected chi connectivity index (χ2v) is 3.30. The summed E-state index contributed by atoms with van der Waals surface area (Å²) in [6.45, 7) is 0. The standard InChI is InChI=1S/C12H8FNS/c13-11-8-12-10(3-1-5-14-12)7-9(11)4-2-6-15/h1,3,5,7-8,15H,6H2. The number of nitrogens with zero attached hydrogens (tertiary/aromatic N) is 1. The van der Waals surface area contributed by atoms with E-state index in [0.717, 1.165) is 5.39 Å². The van der Waals surface area contributed by atoms with Crippen molar-refractivity contribution in [2.24, 2.45) is 0 Å². The molecule has 2 rings (SSSR count). The highest BCUT2D eigenvalue weighted by Crippen LogP contribution is 2.16. The van der Waals surface area contributed by atoms with E-state index in [1.165, 1.54) is 6.07 Å². The minimum absolute atomic E-state index is 0.338. The van der Waals surface area contributed by atoms with E-state index in [0.29, 0.717) is 16.8 Å². The lowest BCUT2D eigenvalue weighted by atomic mass is 10.1. The molecule has 3 heteroatoms. The van der Waals surface area contributed by atoms with Crippen LogP contribution in [-0.4, -0.2) is 10.7 Å². The third-order valence-corrected chi connectivity index (χ3v) is 2.15. The number of halogens is 1. The molecule has 15 heavy (non-hydrogen) atoms. The van der Waals surface area contributed by atoms with E-state index in [1.807, 2.05) is 12.1 Å². The van der Waals surface area contributed by atoms with Crippen LogP contribution >= 0.6 is 12.6 Å². The van der Waals surface area contributed by atoms with Crippen molar-refractivity contribution >= 4 is 23.5 Å². The normalized spacial score (nSPS) is 9.73. The Morgan fingerprint density at radius 1 is 1.40 bits per heavy atom. The number of thiol groups is 1. The van der Waals surface area contributed by atoms with Crippen LogP contribution in [0.4, 0.5) is 4.39 Å². The minimum atomic E-state index is -0.338. The van der Waals surface area contributed by atoms with Crippen molar-refractivity contribution in [2.75, 3.05) is 5.75 Å². The Labute approximate surface area is 92.7 Å². The zero-order chi connectivity index (χ0) is 10.7. The summed E-state index contributed by atoms with van der Waals surface area (Å²) in [5, 5.41) is 0.891. The van der Waals surface area contributed by atoms with Gasteiger partial charge in [0, 0.05) is 17.6 Å². The van der Waals surface area contributed by atoms with Crippen LogP contribution in [-0.2, 0) is 0 Å². The van der Waals surface area contributed by atoms with E-state index in [4.69, 9.17) is 0 Å². The number of hydrogen-bond acceptors (Lipinski definition) is 2. The average molecular weight is 217 g/mol. The number of fused-ring (bicyclic) bond motifs is 1. The molecular weight excluding hydrogens is 209 g/mol. The first-order valence-electron chi connectivity index (χ1n) is 4.45. The van der Waals surface area contributed by atoms with E-state index in [-0.39, 0.29) is 5.82 Å². The van der Waals surface area contributed by atoms with E-state index in [2.05, 4.69) is 29.5 Å². The van der Waals surface area contributed by atoms with Gasteiger partial charge in [0.2, 0.25) is 0 Å². The molecule has 0 unspecified atom stereocenters. The SMILES string of the molecule is Fc1cc2ncccc2cc1C#CCS. The van der Waals surface area contributed by atoms with E-state index < -0.39 is 0 Å².